The van der Waals surface area contributed by atoms with Gasteiger partial charge in [-0.25, -0.2) is 4.57 Å². The summed E-state index contributed by atoms with van der Waals surface area (Å²) in [6.45, 7) is 4.07. The summed E-state index contributed by atoms with van der Waals surface area (Å²) in [6, 6.07) is 0. The minimum Gasteiger partial charge on any atom is -0.462 e. The average molecular weight is 843 g/mol. The van der Waals surface area contributed by atoms with Crippen LogP contribution in [0.15, 0.2) is 48.6 Å². The van der Waals surface area contributed by atoms with Crippen molar-refractivity contribution in [3.05, 3.63) is 48.6 Å². The number of quaternary nitrogens is 1. The summed E-state index contributed by atoms with van der Waals surface area (Å²) in [5, 5.41) is 20.4. The van der Waals surface area contributed by atoms with Gasteiger partial charge in [0, 0.05) is 12.8 Å². The summed E-state index contributed by atoms with van der Waals surface area (Å²) >= 11 is 0. The minimum absolute atomic E-state index is 0.0144. The summed E-state index contributed by atoms with van der Waals surface area (Å²) in [4.78, 5) is 35.4. The van der Waals surface area contributed by atoms with Crippen molar-refractivity contribution in [2.45, 2.75) is 186 Å². The third kappa shape index (κ3) is 40.7. The number of nitrogens with zero attached hydrogens (tertiary/aromatic N) is 1. The number of esters is 2. The van der Waals surface area contributed by atoms with Gasteiger partial charge in [-0.05, 0) is 38.5 Å². The second kappa shape index (κ2) is 37.9. The Kier molecular flexibility index (Phi) is 36.5. The van der Waals surface area contributed by atoms with Crippen LogP contribution in [0.25, 0.3) is 0 Å². The summed E-state index contributed by atoms with van der Waals surface area (Å²) in [5.74, 6) is -1.04. The molecule has 0 aromatic heterocycles. The Morgan fingerprint density at radius 3 is 1.71 bits per heavy atom. The number of likely N-dealkylation sites (N-methyl/N-ethyl adjacent to an activating group) is 1. The van der Waals surface area contributed by atoms with E-state index >= 15 is 0 Å². The van der Waals surface area contributed by atoms with Crippen molar-refractivity contribution in [3.8, 4) is 0 Å². The zero-order valence-corrected chi connectivity index (χ0v) is 38.1. The van der Waals surface area contributed by atoms with Gasteiger partial charge in [0.25, 0.3) is 0 Å². The summed E-state index contributed by atoms with van der Waals surface area (Å²) in [5.41, 5.74) is 0. The number of aliphatic hydroxyl groups is 2. The zero-order chi connectivity index (χ0) is 43.2. The highest BCUT2D eigenvalue weighted by molar-refractivity contribution is 7.47. The molecule has 0 aromatic carbocycles. The van der Waals surface area contributed by atoms with E-state index in [1.54, 1.807) is 36.5 Å². The van der Waals surface area contributed by atoms with Gasteiger partial charge in [0.2, 0.25) is 0 Å². The molecule has 0 heterocycles. The van der Waals surface area contributed by atoms with Crippen LogP contribution in [0.5, 0.6) is 0 Å². The quantitative estimate of drug-likeness (QED) is 0.0136. The molecule has 4 atom stereocenters. The van der Waals surface area contributed by atoms with E-state index in [-0.39, 0.29) is 26.1 Å². The molecule has 0 amide bonds. The van der Waals surface area contributed by atoms with Gasteiger partial charge in [0.1, 0.15) is 19.8 Å². The van der Waals surface area contributed by atoms with Crippen molar-refractivity contribution in [3.63, 3.8) is 0 Å². The molecule has 0 aromatic rings. The van der Waals surface area contributed by atoms with Gasteiger partial charge in [0.05, 0.1) is 40.0 Å². The molecule has 0 fully saturated rings. The maximum atomic E-state index is 12.7. The monoisotopic (exact) mass is 843 g/mol. The van der Waals surface area contributed by atoms with Crippen LogP contribution >= 0.6 is 7.82 Å². The van der Waals surface area contributed by atoms with Crippen molar-refractivity contribution >= 4 is 19.8 Å². The van der Waals surface area contributed by atoms with Gasteiger partial charge < -0.3 is 29.1 Å². The third-order valence-electron chi connectivity index (χ3n) is 9.55. The molecule has 58 heavy (non-hydrogen) atoms. The maximum Gasteiger partial charge on any atom is 0.472 e. The lowest BCUT2D eigenvalue weighted by Crippen LogP contribution is -2.37. The van der Waals surface area contributed by atoms with E-state index in [9.17, 15) is 29.3 Å². The molecule has 338 valence electrons. The molecule has 12 heteroatoms. The van der Waals surface area contributed by atoms with E-state index < -0.39 is 44.7 Å². The van der Waals surface area contributed by atoms with E-state index in [0.29, 0.717) is 36.7 Å². The van der Waals surface area contributed by atoms with Gasteiger partial charge in [0.15, 0.2) is 6.10 Å². The Labute approximate surface area is 353 Å². The fourth-order valence-corrected chi connectivity index (χ4v) is 6.66. The first kappa shape index (κ1) is 55.9. The minimum atomic E-state index is -4.44. The molecule has 0 saturated heterocycles. The van der Waals surface area contributed by atoms with Gasteiger partial charge >= 0.3 is 19.8 Å². The number of phosphoric acid groups is 1. The third-order valence-corrected chi connectivity index (χ3v) is 10.5. The number of rotatable bonds is 40. The van der Waals surface area contributed by atoms with Crippen LogP contribution in [0, 0.1) is 0 Å². The molecule has 11 nitrogen and oxygen atoms in total. The Hall–Kier alpha value is -2.11. The number of carbonyl (C=O) groups is 2. The van der Waals surface area contributed by atoms with Gasteiger partial charge in [-0.15, -0.1) is 0 Å². The fraction of sp³-hybridized carbons (Fsp3) is 0.783. The highest BCUT2D eigenvalue weighted by Gasteiger charge is 2.27. The Bertz CT molecular complexity index is 1170. The molecule has 0 rings (SSSR count). The van der Waals surface area contributed by atoms with E-state index in [0.717, 1.165) is 25.7 Å². The van der Waals surface area contributed by atoms with Crippen LogP contribution in [0.2, 0.25) is 0 Å². The molecule has 0 aliphatic rings. The molecular formula is C46H85NO10P+. The highest BCUT2D eigenvalue weighted by Crippen LogP contribution is 2.43. The molecule has 3 N–H and O–H groups in total. The van der Waals surface area contributed by atoms with Crippen molar-refractivity contribution in [2.24, 2.45) is 0 Å². The Balaban J connectivity index is 4.61. The van der Waals surface area contributed by atoms with Crippen LogP contribution in [0.3, 0.4) is 0 Å². The number of hydrogen-bond acceptors (Lipinski definition) is 9. The molecule has 0 radical (unpaired) electrons. The molecule has 0 saturated carbocycles. The second-order valence-electron chi connectivity index (χ2n) is 16.5. The Morgan fingerprint density at radius 1 is 0.621 bits per heavy atom. The SMILES string of the molecule is CCCCC/C=C\C[C@H](O)/C=C/C=C/C=C\[C@H](O)CCCC(=O)O[C@H](COC(=O)CCCCCCCCCCCCCCCCC)COP(=O)(O)OCC[N+](C)(C)C. The topological polar surface area (TPSA) is 149 Å². The first-order chi connectivity index (χ1) is 27.8. The number of allylic oxidation sites excluding steroid dienone is 5. The Morgan fingerprint density at radius 2 is 1.14 bits per heavy atom. The smallest absolute Gasteiger partial charge is 0.462 e. The standard InChI is InChI=1S/C46H84NO10P/c1-6-8-10-12-14-15-16-17-18-19-20-21-22-24-30-36-45(50)54-40-44(41-56-58(52,53)55-39-38-47(3,4)5)57-46(51)37-31-35-43(49)34-29-26-25-28-33-42(48)32-27-23-13-11-9-7-2/h23,25-29,33-34,42-44,48-49H,6-22,24,30-32,35-41H2,1-5H3/p+1/b26-25+,27-23-,33-28+,34-29-/t42-,43-,44+/m0/s1. The first-order valence-electron chi connectivity index (χ1n) is 22.6. The lowest BCUT2D eigenvalue weighted by molar-refractivity contribution is -0.870. The van der Waals surface area contributed by atoms with E-state index in [4.69, 9.17) is 18.5 Å². The van der Waals surface area contributed by atoms with Crippen LogP contribution in [-0.2, 0) is 32.7 Å². The number of carbonyl (C=O) groups excluding carboxylic acids is 2. The van der Waals surface area contributed by atoms with Crippen molar-refractivity contribution in [1.29, 1.82) is 0 Å². The van der Waals surface area contributed by atoms with E-state index in [2.05, 4.69) is 19.9 Å². The second-order valence-corrected chi connectivity index (χ2v) is 17.9. The molecule has 0 aliphatic heterocycles. The number of unbranched alkanes of at least 4 members (excludes halogenated alkanes) is 17. The fourth-order valence-electron chi connectivity index (χ4n) is 5.91. The lowest BCUT2D eigenvalue weighted by atomic mass is 10.0. The van der Waals surface area contributed by atoms with Gasteiger partial charge in [-0.1, -0.05) is 165 Å². The predicted octanol–water partition coefficient (Wildman–Crippen LogP) is 10.6. The van der Waals surface area contributed by atoms with Crippen LogP contribution in [0.4, 0.5) is 0 Å². The normalized spacial score (nSPS) is 15.1. The number of phosphoric ester groups is 1. The highest BCUT2D eigenvalue weighted by atomic mass is 31.2. The van der Waals surface area contributed by atoms with Crippen molar-refractivity contribution in [2.75, 3.05) is 47.5 Å². The van der Waals surface area contributed by atoms with E-state index in [1.165, 1.54) is 89.9 Å². The summed E-state index contributed by atoms with van der Waals surface area (Å²) in [7, 11) is 1.32. The maximum absolute atomic E-state index is 12.7. The average Bonchev–Trinajstić information content (AvgIpc) is 3.16. The van der Waals surface area contributed by atoms with Crippen LogP contribution in [-0.4, -0.2) is 97.3 Å². The van der Waals surface area contributed by atoms with Crippen LogP contribution < -0.4 is 0 Å². The largest absolute Gasteiger partial charge is 0.472 e. The first-order valence-corrected chi connectivity index (χ1v) is 24.1. The van der Waals surface area contributed by atoms with Crippen LogP contribution in [0.1, 0.15) is 168 Å². The number of ether oxygens (including phenoxy) is 2. The molecule has 0 spiro atoms. The molecule has 1 unspecified atom stereocenters. The number of hydrogen-bond donors (Lipinski definition) is 3. The number of aliphatic hydroxyl groups excluding tert-OH is 2. The molecule has 0 aliphatic carbocycles. The van der Waals surface area contributed by atoms with Gasteiger partial charge in [-0.3, -0.25) is 18.6 Å². The molecule has 0 bridgehead atoms. The van der Waals surface area contributed by atoms with E-state index in [1.807, 2.05) is 27.2 Å². The van der Waals surface area contributed by atoms with Crippen molar-refractivity contribution < 1.29 is 52.3 Å². The summed E-state index contributed by atoms with van der Waals surface area (Å²) < 4.78 is 34.1. The van der Waals surface area contributed by atoms with Crippen molar-refractivity contribution in [1.82, 2.24) is 0 Å². The predicted molar refractivity (Wildman–Crippen MR) is 236 cm³/mol. The van der Waals surface area contributed by atoms with Gasteiger partial charge in [-0.2, -0.15) is 0 Å². The lowest BCUT2D eigenvalue weighted by Gasteiger charge is -2.24. The molecular weight excluding hydrogens is 757 g/mol. The zero-order valence-electron chi connectivity index (χ0n) is 37.2. The summed E-state index contributed by atoms with van der Waals surface area (Å²) in [6.07, 6.45) is 36.4.